The van der Waals surface area contributed by atoms with E-state index in [0.717, 1.165) is 17.7 Å². The Hall–Kier alpha value is -1.81. The molecule has 0 aliphatic rings. The average Bonchev–Trinajstić information content (AvgIpc) is 2.37. The summed E-state index contributed by atoms with van der Waals surface area (Å²) in [6.45, 7) is 3.95. The Balaban J connectivity index is 2.66. The van der Waals surface area contributed by atoms with E-state index in [9.17, 15) is 0 Å². The van der Waals surface area contributed by atoms with Gasteiger partial charge >= 0.3 is 0 Å². The molecule has 0 aliphatic carbocycles. The molecule has 2 rings (SSSR count). The highest BCUT2D eigenvalue weighted by Crippen LogP contribution is 2.35. The Labute approximate surface area is 117 Å². The second kappa shape index (κ2) is 5.45. The lowest BCUT2D eigenvalue weighted by molar-refractivity contribution is 0.416. The molecule has 5 heteroatoms. The lowest BCUT2D eigenvalue weighted by atomic mass is 10.1. The van der Waals surface area contributed by atoms with Crippen LogP contribution in [0, 0.1) is 6.92 Å². The van der Waals surface area contributed by atoms with E-state index in [1.807, 2.05) is 26.0 Å². The number of rotatable bonds is 3. The number of ether oxygens (including phenoxy) is 1. The first kappa shape index (κ1) is 13.6. The van der Waals surface area contributed by atoms with Gasteiger partial charge in [0, 0.05) is 11.3 Å². The van der Waals surface area contributed by atoms with Crippen molar-refractivity contribution in [1.29, 1.82) is 0 Å². The predicted molar refractivity (Wildman–Crippen MR) is 77.6 cm³/mol. The van der Waals surface area contributed by atoms with Crippen LogP contribution in [0.1, 0.15) is 18.2 Å². The second-order valence-corrected chi connectivity index (χ2v) is 4.57. The van der Waals surface area contributed by atoms with Crippen LogP contribution in [0.4, 0.5) is 5.82 Å². The third-order valence-corrected chi connectivity index (χ3v) is 3.33. The molecule has 4 nitrogen and oxygen atoms in total. The molecule has 2 aromatic rings. The Bertz CT molecular complexity index is 591. The van der Waals surface area contributed by atoms with E-state index < -0.39 is 0 Å². The summed E-state index contributed by atoms with van der Waals surface area (Å²) < 4.78 is 5.31. The number of nitrogens with zero attached hydrogens (tertiary/aromatic N) is 2. The molecule has 0 spiro atoms. The first-order chi connectivity index (χ1) is 9.08. The van der Waals surface area contributed by atoms with Crippen LogP contribution in [-0.2, 0) is 6.42 Å². The van der Waals surface area contributed by atoms with Crippen molar-refractivity contribution >= 4 is 17.4 Å². The molecule has 19 heavy (non-hydrogen) atoms. The number of aromatic nitrogens is 2. The van der Waals surface area contributed by atoms with Crippen molar-refractivity contribution in [3.8, 4) is 17.1 Å². The number of hydrogen-bond donors (Lipinski definition) is 1. The summed E-state index contributed by atoms with van der Waals surface area (Å²) in [6, 6.07) is 5.42. The van der Waals surface area contributed by atoms with Crippen molar-refractivity contribution < 1.29 is 4.74 Å². The van der Waals surface area contributed by atoms with Crippen molar-refractivity contribution in [1.82, 2.24) is 9.97 Å². The Morgan fingerprint density at radius 1 is 1.32 bits per heavy atom. The van der Waals surface area contributed by atoms with Gasteiger partial charge in [0.05, 0.1) is 17.7 Å². The van der Waals surface area contributed by atoms with Crippen LogP contribution in [0.5, 0.6) is 5.75 Å². The maximum Gasteiger partial charge on any atom is 0.167 e. The SMILES string of the molecule is CCc1c(C)nc(-c2c(Cl)cccc2OC)nc1N. The molecular formula is C14H16ClN3O. The van der Waals surface area contributed by atoms with Crippen LogP contribution >= 0.6 is 11.6 Å². The molecule has 1 aromatic carbocycles. The van der Waals surface area contributed by atoms with Crippen molar-refractivity contribution in [3.05, 3.63) is 34.5 Å². The fourth-order valence-corrected chi connectivity index (χ4v) is 2.31. The lowest BCUT2D eigenvalue weighted by Crippen LogP contribution is -2.05. The fourth-order valence-electron chi connectivity index (χ4n) is 2.06. The normalized spacial score (nSPS) is 10.5. The van der Waals surface area contributed by atoms with Crippen LogP contribution in [0.25, 0.3) is 11.4 Å². The van der Waals surface area contributed by atoms with Gasteiger partial charge in [0.15, 0.2) is 5.82 Å². The van der Waals surface area contributed by atoms with Gasteiger partial charge in [-0.15, -0.1) is 0 Å². The molecule has 0 aliphatic heterocycles. The Kier molecular flexibility index (Phi) is 3.90. The van der Waals surface area contributed by atoms with Gasteiger partial charge in [0.1, 0.15) is 11.6 Å². The molecule has 1 aromatic heterocycles. The minimum Gasteiger partial charge on any atom is -0.496 e. The first-order valence-corrected chi connectivity index (χ1v) is 6.42. The number of aryl methyl sites for hydroxylation is 1. The van der Waals surface area contributed by atoms with E-state index in [4.69, 9.17) is 22.1 Å². The summed E-state index contributed by atoms with van der Waals surface area (Å²) in [4.78, 5) is 8.84. The first-order valence-electron chi connectivity index (χ1n) is 6.04. The maximum atomic E-state index is 6.22. The molecule has 0 unspecified atom stereocenters. The molecule has 100 valence electrons. The molecule has 1 heterocycles. The number of anilines is 1. The van der Waals surface area contributed by atoms with Crippen molar-refractivity contribution in [2.45, 2.75) is 20.3 Å². The monoisotopic (exact) mass is 277 g/mol. The summed E-state index contributed by atoms with van der Waals surface area (Å²) >= 11 is 6.22. The Morgan fingerprint density at radius 3 is 2.63 bits per heavy atom. The highest BCUT2D eigenvalue weighted by Gasteiger charge is 2.16. The van der Waals surface area contributed by atoms with E-state index in [1.165, 1.54) is 0 Å². The van der Waals surface area contributed by atoms with Gasteiger partial charge in [-0.1, -0.05) is 24.6 Å². The predicted octanol–water partition coefficient (Wildman–Crippen LogP) is 3.26. The molecule has 2 N–H and O–H groups in total. The van der Waals surface area contributed by atoms with Gasteiger partial charge in [0.25, 0.3) is 0 Å². The lowest BCUT2D eigenvalue weighted by Gasteiger charge is -2.12. The summed E-state index contributed by atoms with van der Waals surface area (Å²) in [5, 5.41) is 0.544. The molecule has 0 saturated heterocycles. The molecule has 0 atom stereocenters. The number of methoxy groups -OCH3 is 1. The zero-order valence-corrected chi connectivity index (χ0v) is 12.0. The number of nitrogens with two attached hydrogens (primary N) is 1. The van der Waals surface area contributed by atoms with Crippen LogP contribution in [-0.4, -0.2) is 17.1 Å². The van der Waals surface area contributed by atoms with E-state index >= 15 is 0 Å². The molecule has 0 bridgehead atoms. The molecule has 0 saturated carbocycles. The molecule has 0 radical (unpaired) electrons. The highest BCUT2D eigenvalue weighted by molar-refractivity contribution is 6.33. The summed E-state index contributed by atoms with van der Waals surface area (Å²) in [5.74, 6) is 1.62. The quantitative estimate of drug-likeness (QED) is 0.935. The van der Waals surface area contributed by atoms with Gasteiger partial charge in [-0.3, -0.25) is 0 Å². The van der Waals surface area contributed by atoms with Crippen LogP contribution in [0.15, 0.2) is 18.2 Å². The third-order valence-electron chi connectivity index (χ3n) is 3.02. The second-order valence-electron chi connectivity index (χ2n) is 4.17. The van der Waals surface area contributed by atoms with Crippen molar-refractivity contribution in [3.63, 3.8) is 0 Å². The standard InChI is InChI=1S/C14H16ClN3O/c1-4-9-8(2)17-14(18-13(9)16)12-10(15)6-5-7-11(12)19-3/h5-7H,4H2,1-3H3,(H2,16,17,18). The minimum atomic E-state index is 0.493. The van der Waals surface area contributed by atoms with Crippen molar-refractivity contribution in [2.24, 2.45) is 0 Å². The largest absolute Gasteiger partial charge is 0.496 e. The number of benzene rings is 1. The molecule has 0 fully saturated rings. The number of halogens is 1. The highest BCUT2D eigenvalue weighted by atomic mass is 35.5. The average molecular weight is 278 g/mol. The summed E-state index contributed by atoms with van der Waals surface area (Å²) in [5.41, 5.74) is 8.48. The van der Waals surface area contributed by atoms with E-state index in [1.54, 1.807) is 13.2 Å². The third kappa shape index (κ3) is 2.49. The Morgan fingerprint density at radius 2 is 2.05 bits per heavy atom. The van der Waals surface area contributed by atoms with Gasteiger partial charge < -0.3 is 10.5 Å². The molecular weight excluding hydrogens is 262 g/mol. The smallest absolute Gasteiger partial charge is 0.167 e. The van der Waals surface area contributed by atoms with Crippen LogP contribution < -0.4 is 10.5 Å². The van der Waals surface area contributed by atoms with E-state index in [2.05, 4.69) is 9.97 Å². The van der Waals surface area contributed by atoms with Gasteiger partial charge in [-0.2, -0.15) is 0 Å². The summed E-state index contributed by atoms with van der Waals surface area (Å²) in [7, 11) is 1.59. The molecule has 0 amide bonds. The fraction of sp³-hybridized carbons (Fsp3) is 0.286. The van der Waals surface area contributed by atoms with Crippen LogP contribution in [0.3, 0.4) is 0 Å². The zero-order valence-electron chi connectivity index (χ0n) is 11.2. The van der Waals surface area contributed by atoms with E-state index in [-0.39, 0.29) is 0 Å². The maximum absolute atomic E-state index is 6.22. The zero-order chi connectivity index (χ0) is 14.0. The van der Waals surface area contributed by atoms with Gasteiger partial charge in [0.2, 0.25) is 0 Å². The summed E-state index contributed by atoms with van der Waals surface area (Å²) in [6.07, 6.45) is 0.803. The van der Waals surface area contributed by atoms with Gasteiger partial charge in [-0.05, 0) is 25.5 Å². The van der Waals surface area contributed by atoms with Gasteiger partial charge in [-0.25, -0.2) is 9.97 Å². The number of nitrogen functional groups attached to an aromatic ring is 1. The van der Waals surface area contributed by atoms with Crippen LogP contribution in [0.2, 0.25) is 5.02 Å². The number of hydrogen-bond acceptors (Lipinski definition) is 4. The topological polar surface area (TPSA) is 61.0 Å². The van der Waals surface area contributed by atoms with Crippen molar-refractivity contribution in [2.75, 3.05) is 12.8 Å². The van der Waals surface area contributed by atoms with E-state index in [0.29, 0.717) is 28.0 Å². The minimum absolute atomic E-state index is 0.493.